The van der Waals surface area contributed by atoms with Crippen molar-refractivity contribution in [2.24, 2.45) is 0 Å². The number of nitrogens with zero attached hydrogens (tertiary/aromatic N) is 3. The normalized spacial score (nSPS) is 14.0. The average molecular weight is 392 g/mol. The van der Waals surface area contributed by atoms with Gasteiger partial charge in [0.1, 0.15) is 11.6 Å². The van der Waals surface area contributed by atoms with Gasteiger partial charge in [-0.25, -0.2) is 0 Å². The number of nitro groups is 1. The molecular weight excluding hydrogens is 374 g/mol. The van der Waals surface area contributed by atoms with E-state index in [1.807, 2.05) is 0 Å². The van der Waals surface area contributed by atoms with Gasteiger partial charge in [-0.3, -0.25) is 19.7 Å². The number of benzene rings is 1. The zero-order valence-electron chi connectivity index (χ0n) is 14.4. The van der Waals surface area contributed by atoms with Gasteiger partial charge in [0.25, 0.3) is 11.6 Å². The van der Waals surface area contributed by atoms with Crippen molar-refractivity contribution in [1.29, 1.82) is 5.26 Å². The van der Waals surface area contributed by atoms with Crippen LogP contribution >= 0.6 is 11.6 Å². The van der Waals surface area contributed by atoms with Crippen molar-refractivity contribution < 1.29 is 14.5 Å². The van der Waals surface area contributed by atoms with Crippen LogP contribution in [-0.2, 0) is 9.59 Å². The fourth-order valence-corrected chi connectivity index (χ4v) is 2.72. The van der Waals surface area contributed by atoms with Gasteiger partial charge in [-0.15, -0.1) is 0 Å². The summed E-state index contributed by atoms with van der Waals surface area (Å²) in [5.41, 5.74) is -0.163. The van der Waals surface area contributed by atoms with E-state index >= 15 is 0 Å². The molecule has 1 aliphatic heterocycles. The molecule has 10 heteroatoms. The quantitative estimate of drug-likeness (QED) is 0.230. The predicted octanol–water partition coefficient (Wildman–Crippen LogP) is 2.20. The lowest BCUT2D eigenvalue weighted by Gasteiger charge is -2.15. The van der Waals surface area contributed by atoms with Crippen LogP contribution in [0.4, 0.5) is 11.4 Å². The maximum absolute atomic E-state index is 12.1. The van der Waals surface area contributed by atoms with Gasteiger partial charge in [0, 0.05) is 44.4 Å². The summed E-state index contributed by atoms with van der Waals surface area (Å²) in [4.78, 5) is 35.5. The second-order valence-corrected chi connectivity index (χ2v) is 6.24. The van der Waals surface area contributed by atoms with E-state index in [9.17, 15) is 19.7 Å². The second-order valence-electron chi connectivity index (χ2n) is 5.83. The Labute approximate surface area is 160 Å². The molecule has 2 rings (SSSR count). The van der Waals surface area contributed by atoms with Crippen LogP contribution in [0.3, 0.4) is 0 Å². The van der Waals surface area contributed by atoms with E-state index in [-0.39, 0.29) is 27.9 Å². The van der Waals surface area contributed by atoms with E-state index in [2.05, 4.69) is 10.6 Å². The highest BCUT2D eigenvalue weighted by atomic mass is 35.5. The SMILES string of the molecule is N#C/C(=C/Nc1cc([N+](=O)[O-])ccc1Cl)C(=O)NCCCN1CCCC1=O. The Balaban J connectivity index is 1.88. The third kappa shape index (κ3) is 5.69. The number of rotatable bonds is 8. The first-order chi connectivity index (χ1) is 12.9. The number of hydrogen-bond donors (Lipinski definition) is 2. The van der Waals surface area contributed by atoms with Gasteiger partial charge in [0.15, 0.2) is 0 Å². The summed E-state index contributed by atoms with van der Waals surface area (Å²) in [6, 6.07) is 5.57. The summed E-state index contributed by atoms with van der Waals surface area (Å²) in [7, 11) is 0. The molecule has 142 valence electrons. The number of nitro benzene ring substituents is 1. The second kappa shape index (κ2) is 9.54. The van der Waals surface area contributed by atoms with E-state index in [4.69, 9.17) is 16.9 Å². The summed E-state index contributed by atoms with van der Waals surface area (Å²) < 4.78 is 0. The van der Waals surface area contributed by atoms with Crippen LogP contribution < -0.4 is 10.6 Å². The van der Waals surface area contributed by atoms with E-state index in [1.165, 1.54) is 18.2 Å². The van der Waals surface area contributed by atoms with Crippen LogP contribution in [0.25, 0.3) is 0 Å². The third-order valence-corrected chi connectivity index (χ3v) is 4.29. The number of carbonyl (C=O) groups excluding carboxylic acids is 2. The molecule has 0 unspecified atom stereocenters. The third-order valence-electron chi connectivity index (χ3n) is 3.96. The fraction of sp³-hybridized carbons (Fsp3) is 0.353. The molecule has 1 fully saturated rings. The maximum Gasteiger partial charge on any atom is 0.271 e. The lowest BCUT2D eigenvalue weighted by molar-refractivity contribution is -0.384. The Morgan fingerprint density at radius 1 is 1.48 bits per heavy atom. The number of carbonyl (C=O) groups is 2. The Morgan fingerprint density at radius 3 is 2.89 bits per heavy atom. The molecule has 1 heterocycles. The number of hydrogen-bond acceptors (Lipinski definition) is 6. The lowest BCUT2D eigenvalue weighted by Crippen LogP contribution is -2.31. The van der Waals surface area contributed by atoms with Gasteiger partial charge in [-0.1, -0.05) is 11.6 Å². The molecular formula is C17H18ClN5O4. The Hall–Kier alpha value is -3.12. The van der Waals surface area contributed by atoms with Crippen LogP contribution in [-0.4, -0.2) is 41.3 Å². The first-order valence-corrected chi connectivity index (χ1v) is 8.67. The van der Waals surface area contributed by atoms with Gasteiger partial charge in [-0.2, -0.15) is 5.26 Å². The number of non-ortho nitro benzene ring substituents is 1. The van der Waals surface area contributed by atoms with E-state index in [0.717, 1.165) is 19.2 Å². The summed E-state index contributed by atoms with van der Waals surface area (Å²) in [5, 5.41) is 25.4. The zero-order chi connectivity index (χ0) is 19.8. The molecule has 1 aliphatic rings. The van der Waals surface area contributed by atoms with Gasteiger partial charge in [0.2, 0.25) is 5.91 Å². The van der Waals surface area contributed by atoms with E-state index < -0.39 is 10.8 Å². The molecule has 1 aromatic carbocycles. The standard InChI is InChI=1S/C17H18ClN5O4/c18-14-5-4-13(23(26)27)9-15(14)21-11-12(10-19)17(25)20-6-2-8-22-7-1-3-16(22)24/h4-5,9,11,21H,1-3,6-8H2,(H,20,25)/b12-11-. The first kappa shape index (κ1) is 20.2. The van der Waals surface area contributed by atoms with Crippen molar-refractivity contribution in [3.05, 3.63) is 45.1 Å². The molecule has 0 radical (unpaired) electrons. The first-order valence-electron chi connectivity index (χ1n) is 8.29. The Bertz CT molecular complexity index is 818. The number of amides is 2. The van der Waals surface area contributed by atoms with E-state index in [1.54, 1.807) is 11.0 Å². The number of nitrogens with one attached hydrogen (secondary N) is 2. The van der Waals surface area contributed by atoms with Crippen molar-refractivity contribution in [1.82, 2.24) is 10.2 Å². The van der Waals surface area contributed by atoms with Crippen molar-refractivity contribution in [2.75, 3.05) is 25.0 Å². The minimum atomic E-state index is -0.584. The fourth-order valence-electron chi connectivity index (χ4n) is 2.54. The summed E-state index contributed by atoms with van der Waals surface area (Å²) in [6.07, 6.45) is 3.16. The smallest absolute Gasteiger partial charge is 0.271 e. The summed E-state index contributed by atoms with van der Waals surface area (Å²) in [5.74, 6) is -0.462. The highest BCUT2D eigenvalue weighted by molar-refractivity contribution is 6.33. The monoisotopic (exact) mass is 391 g/mol. The molecule has 27 heavy (non-hydrogen) atoms. The molecule has 0 saturated carbocycles. The molecule has 1 saturated heterocycles. The van der Waals surface area contributed by atoms with Crippen LogP contribution in [0, 0.1) is 21.4 Å². The molecule has 2 amide bonds. The summed E-state index contributed by atoms with van der Waals surface area (Å²) >= 11 is 5.95. The lowest BCUT2D eigenvalue weighted by atomic mass is 10.2. The van der Waals surface area contributed by atoms with E-state index in [0.29, 0.717) is 25.9 Å². The molecule has 9 nitrogen and oxygen atoms in total. The molecule has 0 spiro atoms. The van der Waals surface area contributed by atoms with Gasteiger partial charge in [0.05, 0.1) is 15.6 Å². The number of halogens is 1. The minimum absolute atomic E-state index is 0.122. The minimum Gasteiger partial charge on any atom is -0.359 e. The van der Waals surface area contributed by atoms with Crippen molar-refractivity contribution in [3.63, 3.8) is 0 Å². The van der Waals surface area contributed by atoms with Crippen LogP contribution in [0.5, 0.6) is 0 Å². The molecule has 0 aliphatic carbocycles. The molecule has 2 N–H and O–H groups in total. The highest BCUT2D eigenvalue weighted by Crippen LogP contribution is 2.26. The largest absolute Gasteiger partial charge is 0.359 e. The number of nitriles is 1. The topological polar surface area (TPSA) is 128 Å². The van der Waals surface area contributed by atoms with Crippen LogP contribution in [0.15, 0.2) is 30.0 Å². The van der Waals surface area contributed by atoms with Crippen molar-refractivity contribution in [2.45, 2.75) is 19.3 Å². The van der Waals surface area contributed by atoms with Crippen LogP contribution in [0.2, 0.25) is 5.02 Å². The van der Waals surface area contributed by atoms with Gasteiger partial charge in [-0.05, 0) is 18.9 Å². The summed E-state index contributed by atoms with van der Waals surface area (Å²) in [6.45, 7) is 1.62. The molecule has 0 aromatic heterocycles. The highest BCUT2D eigenvalue weighted by Gasteiger charge is 2.19. The number of anilines is 1. The zero-order valence-corrected chi connectivity index (χ0v) is 15.2. The van der Waals surface area contributed by atoms with Gasteiger partial charge >= 0.3 is 0 Å². The molecule has 0 atom stereocenters. The molecule has 0 bridgehead atoms. The Kier molecular flexibility index (Phi) is 7.14. The van der Waals surface area contributed by atoms with Crippen molar-refractivity contribution >= 4 is 34.8 Å². The molecule has 1 aromatic rings. The van der Waals surface area contributed by atoms with Crippen LogP contribution in [0.1, 0.15) is 19.3 Å². The van der Waals surface area contributed by atoms with Gasteiger partial charge < -0.3 is 15.5 Å². The predicted molar refractivity (Wildman–Crippen MR) is 98.9 cm³/mol. The maximum atomic E-state index is 12.1. The number of likely N-dealkylation sites (tertiary alicyclic amines) is 1. The van der Waals surface area contributed by atoms with Crippen molar-refractivity contribution in [3.8, 4) is 6.07 Å². The average Bonchev–Trinajstić information content (AvgIpc) is 3.05. The Morgan fingerprint density at radius 2 is 2.26 bits per heavy atom.